The predicted molar refractivity (Wildman–Crippen MR) is 55.0 cm³/mol. The maximum Gasteiger partial charge on any atom is 0.488 e. The molecule has 3 heteroatoms. The summed E-state index contributed by atoms with van der Waals surface area (Å²) in [6, 6.07) is 5.60. The second-order valence-corrected chi connectivity index (χ2v) is 3.11. The van der Waals surface area contributed by atoms with Gasteiger partial charge in [0, 0.05) is 0 Å². The fourth-order valence-electron chi connectivity index (χ4n) is 1.48. The molecular formula is C10H15BO2. The lowest BCUT2D eigenvalue weighted by molar-refractivity contribution is 0.425. The zero-order valence-electron chi connectivity index (χ0n) is 8.12. The van der Waals surface area contributed by atoms with E-state index in [1.165, 1.54) is 11.1 Å². The summed E-state index contributed by atoms with van der Waals surface area (Å²) in [5.41, 5.74) is 3.06. The van der Waals surface area contributed by atoms with Crippen molar-refractivity contribution >= 4 is 12.6 Å². The molecule has 0 spiro atoms. The highest BCUT2D eigenvalue weighted by molar-refractivity contribution is 6.58. The summed E-state index contributed by atoms with van der Waals surface area (Å²) in [5, 5.41) is 17.9. The summed E-state index contributed by atoms with van der Waals surface area (Å²) in [6.07, 6.45) is 1.93. The van der Waals surface area contributed by atoms with Crippen LogP contribution < -0.4 is 5.46 Å². The molecule has 0 aromatic heterocycles. The quantitative estimate of drug-likeness (QED) is 0.661. The third-order valence-corrected chi connectivity index (χ3v) is 2.29. The molecule has 0 saturated carbocycles. The number of aryl methyl sites for hydroxylation is 2. The van der Waals surface area contributed by atoms with Crippen LogP contribution in [0, 0.1) is 0 Å². The van der Waals surface area contributed by atoms with Gasteiger partial charge in [-0.05, 0) is 29.4 Å². The zero-order valence-corrected chi connectivity index (χ0v) is 8.12. The Hall–Kier alpha value is -0.795. The molecule has 0 atom stereocenters. The molecule has 0 saturated heterocycles. The third kappa shape index (κ3) is 2.33. The van der Waals surface area contributed by atoms with Crippen LogP contribution in [0.5, 0.6) is 0 Å². The number of benzene rings is 1. The molecule has 70 valence electrons. The standard InChI is InChI=1S/C10H15BO2/c1-3-8-5-6-10(11(12)13)7-9(8)4-2/h5-7,12-13H,3-4H2,1-2H3. The number of rotatable bonds is 3. The van der Waals surface area contributed by atoms with Crippen molar-refractivity contribution in [2.24, 2.45) is 0 Å². The molecule has 0 aliphatic heterocycles. The van der Waals surface area contributed by atoms with Gasteiger partial charge in [-0.2, -0.15) is 0 Å². The maximum absolute atomic E-state index is 8.96. The minimum absolute atomic E-state index is 0.578. The molecule has 0 unspecified atom stereocenters. The average Bonchev–Trinajstić information content (AvgIpc) is 2.16. The van der Waals surface area contributed by atoms with Gasteiger partial charge in [0.25, 0.3) is 0 Å². The van der Waals surface area contributed by atoms with Crippen LogP contribution in [0.2, 0.25) is 0 Å². The molecule has 0 amide bonds. The topological polar surface area (TPSA) is 40.5 Å². The highest BCUT2D eigenvalue weighted by Gasteiger charge is 2.11. The fraction of sp³-hybridized carbons (Fsp3) is 0.400. The molecule has 1 aromatic carbocycles. The van der Waals surface area contributed by atoms with Crippen molar-refractivity contribution in [3.8, 4) is 0 Å². The Labute approximate surface area is 79.4 Å². The second kappa shape index (κ2) is 4.44. The van der Waals surface area contributed by atoms with Gasteiger partial charge in [-0.15, -0.1) is 0 Å². The van der Waals surface area contributed by atoms with Crippen LogP contribution in [0.25, 0.3) is 0 Å². The second-order valence-electron chi connectivity index (χ2n) is 3.11. The van der Waals surface area contributed by atoms with Crippen molar-refractivity contribution in [2.45, 2.75) is 26.7 Å². The van der Waals surface area contributed by atoms with Crippen molar-refractivity contribution in [2.75, 3.05) is 0 Å². The van der Waals surface area contributed by atoms with Crippen molar-refractivity contribution in [1.82, 2.24) is 0 Å². The van der Waals surface area contributed by atoms with E-state index in [2.05, 4.69) is 13.8 Å². The zero-order chi connectivity index (χ0) is 9.84. The smallest absolute Gasteiger partial charge is 0.423 e. The first-order valence-electron chi connectivity index (χ1n) is 4.66. The van der Waals surface area contributed by atoms with Crippen LogP contribution in [0.15, 0.2) is 18.2 Å². The molecule has 0 heterocycles. The summed E-state index contributed by atoms with van der Waals surface area (Å²) in [6.45, 7) is 4.17. The van der Waals surface area contributed by atoms with Gasteiger partial charge in [0.1, 0.15) is 0 Å². The Bertz CT molecular complexity index is 284. The number of hydrogen-bond acceptors (Lipinski definition) is 2. The Morgan fingerprint density at radius 1 is 1.08 bits per heavy atom. The Balaban J connectivity index is 3.05. The first-order valence-corrected chi connectivity index (χ1v) is 4.66. The highest BCUT2D eigenvalue weighted by Crippen LogP contribution is 2.08. The van der Waals surface area contributed by atoms with E-state index in [1.54, 1.807) is 6.07 Å². The van der Waals surface area contributed by atoms with Crippen molar-refractivity contribution in [3.63, 3.8) is 0 Å². The molecule has 0 bridgehead atoms. The molecule has 2 nitrogen and oxygen atoms in total. The Kier molecular flexibility index (Phi) is 3.52. The van der Waals surface area contributed by atoms with Crippen LogP contribution in [-0.2, 0) is 12.8 Å². The van der Waals surface area contributed by atoms with Gasteiger partial charge in [-0.3, -0.25) is 0 Å². The summed E-state index contributed by atoms with van der Waals surface area (Å²) >= 11 is 0. The minimum atomic E-state index is -1.35. The summed E-state index contributed by atoms with van der Waals surface area (Å²) in [5.74, 6) is 0. The van der Waals surface area contributed by atoms with Gasteiger partial charge in [0.15, 0.2) is 0 Å². The maximum atomic E-state index is 8.96. The Morgan fingerprint density at radius 2 is 1.69 bits per heavy atom. The molecule has 2 N–H and O–H groups in total. The molecule has 1 aromatic rings. The van der Waals surface area contributed by atoms with Crippen LogP contribution >= 0.6 is 0 Å². The van der Waals surface area contributed by atoms with Crippen LogP contribution in [0.1, 0.15) is 25.0 Å². The summed E-state index contributed by atoms with van der Waals surface area (Å²) in [7, 11) is -1.35. The highest BCUT2D eigenvalue weighted by atomic mass is 16.4. The summed E-state index contributed by atoms with van der Waals surface area (Å²) < 4.78 is 0. The molecular weight excluding hydrogens is 163 g/mol. The van der Waals surface area contributed by atoms with Crippen molar-refractivity contribution < 1.29 is 10.0 Å². The van der Waals surface area contributed by atoms with Crippen molar-refractivity contribution in [3.05, 3.63) is 29.3 Å². The normalized spacial score (nSPS) is 10.2. The van der Waals surface area contributed by atoms with E-state index in [0.717, 1.165) is 12.8 Å². The van der Waals surface area contributed by atoms with Gasteiger partial charge in [0.05, 0.1) is 0 Å². The minimum Gasteiger partial charge on any atom is -0.423 e. The van der Waals surface area contributed by atoms with E-state index in [0.29, 0.717) is 5.46 Å². The molecule has 1 rings (SSSR count). The van der Waals surface area contributed by atoms with Crippen LogP contribution in [-0.4, -0.2) is 17.2 Å². The third-order valence-electron chi connectivity index (χ3n) is 2.29. The lowest BCUT2D eigenvalue weighted by atomic mass is 9.78. The monoisotopic (exact) mass is 178 g/mol. The van der Waals surface area contributed by atoms with Gasteiger partial charge < -0.3 is 10.0 Å². The van der Waals surface area contributed by atoms with E-state index in [4.69, 9.17) is 10.0 Å². The average molecular weight is 178 g/mol. The van der Waals surface area contributed by atoms with E-state index in [1.807, 2.05) is 12.1 Å². The lowest BCUT2D eigenvalue weighted by Gasteiger charge is -2.07. The van der Waals surface area contributed by atoms with E-state index in [-0.39, 0.29) is 0 Å². The van der Waals surface area contributed by atoms with E-state index in [9.17, 15) is 0 Å². The fourth-order valence-corrected chi connectivity index (χ4v) is 1.48. The van der Waals surface area contributed by atoms with Gasteiger partial charge in [-0.1, -0.05) is 32.0 Å². The van der Waals surface area contributed by atoms with Crippen LogP contribution in [0.3, 0.4) is 0 Å². The van der Waals surface area contributed by atoms with E-state index < -0.39 is 7.12 Å². The molecule has 0 aliphatic carbocycles. The molecule has 0 aliphatic rings. The van der Waals surface area contributed by atoms with E-state index >= 15 is 0 Å². The van der Waals surface area contributed by atoms with Gasteiger partial charge >= 0.3 is 7.12 Å². The molecule has 0 radical (unpaired) electrons. The van der Waals surface area contributed by atoms with Gasteiger partial charge in [0.2, 0.25) is 0 Å². The SMILES string of the molecule is CCc1ccc(B(O)O)cc1CC. The lowest BCUT2D eigenvalue weighted by Crippen LogP contribution is -2.30. The summed E-state index contributed by atoms with van der Waals surface area (Å²) in [4.78, 5) is 0. The Morgan fingerprint density at radius 3 is 2.15 bits per heavy atom. The predicted octanol–water partition coefficient (Wildman–Crippen LogP) is 0.491. The first kappa shape index (κ1) is 10.3. The van der Waals surface area contributed by atoms with Crippen molar-refractivity contribution in [1.29, 1.82) is 0 Å². The largest absolute Gasteiger partial charge is 0.488 e. The first-order chi connectivity index (χ1) is 6.19. The molecule has 0 fully saturated rings. The number of hydrogen-bond donors (Lipinski definition) is 2. The van der Waals surface area contributed by atoms with Gasteiger partial charge in [-0.25, -0.2) is 0 Å². The molecule has 13 heavy (non-hydrogen) atoms. The van der Waals surface area contributed by atoms with Crippen LogP contribution in [0.4, 0.5) is 0 Å².